The lowest BCUT2D eigenvalue weighted by atomic mass is 9.87. The van der Waals surface area contributed by atoms with E-state index in [4.69, 9.17) is 0 Å². The van der Waals surface area contributed by atoms with Crippen LogP contribution < -0.4 is 16.0 Å². The molecule has 1 aliphatic heterocycles. The fraction of sp³-hybridized carbons (Fsp3) is 0.300. The highest BCUT2D eigenvalue weighted by Crippen LogP contribution is 2.24. The number of hydrogen-bond donors (Lipinski definition) is 3. The molecule has 130 valence electrons. The molecule has 0 saturated carbocycles. The van der Waals surface area contributed by atoms with Crippen LogP contribution in [0.1, 0.15) is 42.3 Å². The van der Waals surface area contributed by atoms with Crippen molar-refractivity contribution in [2.45, 2.75) is 32.6 Å². The largest absolute Gasteiger partial charge is 0.352 e. The van der Waals surface area contributed by atoms with Gasteiger partial charge in [-0.05, 0) is 47.2 Å². The van der Waals surface area contributed by atoms with E-state index in [2.05, 4.69) is 36.7 Å². The molecule has 2 aromatic carbocycles. The van der Waals surface area contributed by atoms with Gasteiger partial charge in [0.05, 0.1) is 0 Å². The van der Waals surface area contributed by atoms with Gasteiger partial charge in [0.15, 0.2) is 0 Å². The first-order chi connectivity index (χ1) is 11.8. The third-order valence-corrected chi connectivity index (χ3v) is 4.30. The average Bonchev–Trinajstić information content (AvgIpc) is 2.55. The van der Waals surface area contributed by atoms with Gasteiger partial charge in [-0.1, -0.05) is 39.0 Å². The van der Waals surface area contributed by atoms with Crippen LogP contribution in [0, 0.1) is 0 Å². The fourth-order valence-corrected chi connectivity index (χ4v) is 2.84. The van der Waals surface area contributed by atoms with E-state index < -0.39 is 0 Å². The van der Waals surface area contributed by atoms with E-state index in [0.29, 0.717) is 17.8 Å². The topological polar surface area (TPSA) is 70.2 Å². The van der Waals surface area contributed by atoms with Gasteiger partial charge in [-0.3, -0.25) is 4.79 Å². The van der Waals surface area contributed by atoms with Crippen molar-refractivity contribution in [1.29, 1.82) is 0 Å². The first-order valence-electron chi connectivity index (χ1n) is 8.42. The summed E-state index contributed by atoms with van der Waals surface area (Å²) in [5, 5.41) is 8.39. The molecule has 0 radical (unpaired) electrons. The summed E-state index contributed by atoms with van der Waals surface area (Å²) >= 11 is 0. The normalized spacial score (nSPS) is 13.6. The molecule has 3 rings (SSSR count). The zero-order valence-electron chi connectivity index (χ0n) is 14.8. The number of fused-ring (bicyclic) bond motifs is 1. The number of carbonyl (C=O) groups excluding carboxylic acids is 2. The molecule has 2 aromatic rings. The summed E-state index contributed by atoms with van der Waals surface area (Å²) in [7, 11) is 0. The minimum absolute atomic E-state index is 0.0739. The minimum Gasteiger partial charge on any atom is -0.352 e. The van der Waals surface area contributed by atoms with Gasteiger partial charge in [0.1, 0.15) is 0 Å². The van der Waals surface area contributed by atoms with E-state index >= 15 is 0 Å². The smallest absolute Gasteiger partial charge is 0.323 e. The summed E-state index contributed by atoms with van der Waals surface area (Å²) in [5.74, 6) is -0.0944. The van der Waals surface area contributed by atoms with E-state index in [1.54, 1.807) is 6.07 Å². The average molecular weight is 337 g/mol. The van der Waals surface area contributed by atoms with Crippen LogP contribution in [0.3, 0.4) is 0 Å². The van der Waals surface area contributed by atoms with E-state index in [1.807, 2.05) is 36.4 Å². The predicted molar refractivity (Wildman–Crippen MR) is 100 cm³/mol. The van der Waals surface area contributed by atoms with Crippen LogP contribution in [0.2, 0.25) is 0 Å². The number of carbonyl (C=O) groups is 2. The van der Waals surface area contributed by atoms with Crippen molar-refractivity contribution in [2.24, 2.45) is 0 Å². The molecule has 0 aromatic heterocycles. The Morgan fingerprint density at radius 3 is 2.32 bits per heavy atom. The molecule has 25 heavy (non-hydrogen) atoms. The van der Waals surface area contributed by atoms with Gasteiger partial charge in [0.2, 0.25) is 0 Å². The third kappa shape index (κ3) is 3.99. The van der Waals surface area contributed by atoms with E-state index in [0.717, 1.165) is 17.7 Å². The molecule has 0 fully saturated rings. The standard InChI is InChI=1S/C20H23N3O2/c1-20(2,3)14-5-8-15(9-6-14)22-19(25)23-16-7-4-13-10-11-21-18(24)17(13)12-16/h4-9,12H,10-11H2,1-3H3,(H,21,24)(H2,22,23,25). The number of amides is 3. The van der Waals surface area contributed by atoms with Crippen LogP contribution in [0.25, 0.3) is 0 Å². The second-order valence-electron chi connectivity index (χ2n) is 7.28. The zero-order chi connectivity index (χ0) is 18.0. The Labute approximate surface area is 147 Å². The van der Waals surface area contributed by atoms with Crippen LogP contribution >= 0.6 is 0 Å². The van der Waals surface area contributed by atoms with Gasteiger partial charge < -0.3 is 16.0 Å². The van der Waals surface area contributed by atoms with Gasteiger partial charge in [-0.25, -0.2) is 4.79 Å². The van der Waals surface area contributed by atoms with Crippen LogP contribution in [0.4, 0.5) is 16.2 Å². The molecule has 0 unspecified atom stereocenters. The van der Waals surface area contributed by atoms with Crippen molar-refractivity contribution >= 4 is 23.3 Å². The molecule has 0 atom stereocenters. The van der Waals surface area contributed by atoms with Crippen LogP contribution in [-0.2, 0) is 11.8 Å². The summed E-state index contributed by atoms with van der Waals surface area (Å²) in [4.78, 5) is 24.1. The highest BCUT2D eigenvalue weighted by Gasteiger charge is 2.17. The first kappa shape index (κ1) is 17.0. The second-order valence-corrected chi connectivity index (χ2v) is 7.28. The summed E-state index contributed by atoms with van der Waals surface area (Å²) < 4.78 is 0. The van der Waals surface area contributed by atoms with Gasteiger partial charge in [0, 0.05) is 23.5 Å². The number of nitrogens with one attached hydrogen (secondary N) is 3. The molecule has 0 spiro atoms. The molecular weight excluding hydrogens is 314 g/mol. The Hall–Kier alpha value is -2.82. The van der Waals surface area contributed by atoms with Crippen molar-refractivity contribution in [3.63, 3.8) is 0 Å². The van der Waals surface area contributed by atoms with E-state index in [1.165, 1.54) is 5.56 Å². The highest BCUT2D eigenvalue weighted by atomic mass is 16.2. The molecule has 5 nitrogen and oxygen atoms in total. The zero-order valence-corrected chi connectivity index (χ0v) is 14.8. The lowest BCUT2D eigenvalue weighted by Gasteiger charge is -2.19. The van der Waals surface area contributed by atoms with Crippen LogP contribution in [0.5, 0.6) is 0 Å². The molecule has 1 heterocycles. The van der Waals surface area contributed by atoms with Crippen molar-refractivity contribution in [3.05, 3.63) is 59.2 Å². The molecule has 5 heteroatoms. The lowest BCUT2D eigenvalue weighted by Crippen LogP contribution is -2.32. The fourth-order valence-electron chi connectivity index (χ4n) is 2.84. The van der Waals surface area contributed by atoms with Crippen molar-refractivity contribution in [3.8, 4) is 0 Å². The van der Waals surface area contributed by atoms with Gasteiger partial charge >= 0.3 is 6.03 Å². The number of anilines is 2. The van der Waals surface area contributed by atoms with Crippen molar-refractivity contribution < 1.29 is 9.59 Å². The van der Waals surface area contributed by atoms with Gasteiger partial charge in [-0.15, -0.1) is 0 Å². The SMILES string of the molecule is CC(C)(C)c1ccc(NC(=O)Nc2ccc3c(c2)C(=O)NCC3)cc1. The van der Waals surface area contributed by atoms with Gasteiger partial charge in [0.25, 0.3) is 5.91 Å². The maximum absolute atomic E-state index is 12.2. The maximum atomic E-state index is 12.2. The monoisotopic (exact) mass is 337 g/mol. The quantitative estimate of drug-likeness (QED) is 0.777. The molecule has 0 bridgehead atoms. The Balaban J connectivity index is 1.67. The molecule has 0 aliphatic carbocycles. The molecule has 3 N–H and O–H groups in total. The Morgan fingerprint density at radius 2 is 1.64 bits per heavy atom. The van der Waals surface area contributed by atoms with Crippen LogP contribution in [0.15, 0.2) is 42.5 Å². The van der Waals surface area contributed by atoms with Gasteiger partial charge in [-0.2, -0.15) is 0 Å². The summed E-state index contributed by atoms with van der Waals surface area (Å²) in [5.41, 5.74) is 4.23. The summed E-state index contributed by atoms with van der Waals surface area (Å²) in [6.45, 7) is 7.10. The van der Waals surface area contributed by atoms with Crippen LogP contribution in [-0.4, -0.2) is 18.5 Å². The summed E-state index contributed by atoms with van der Waals surface area (Å²) in [6.07, 6.45) is 0.813. The Morgan fingerprint density at radius 1 is 1.00 bits per heavy atom. The number of benzene rings is 2. The Bertz CT molecular complexity index is 805. The second kappa shape index (κ2) is 6.59. The minimum atomic E-state index is -0.334. The van der Waals surface area contributed by atoms with Crippen molar-refractivity contribution in [1.82, 2.24) is 5.32 Å². The molecular formula is C20H23N3O2. The van der Waals surface area contributed by atoms with Crippen molar-refractivity contribution in [2.75, 3.05) is 17.2 Å². The molecule has 3 amide bonds. The first-order valence-corrected chi connectivity index (χ1v) is 8.42. The highest BCUT2D eigenvalue weighted by molar-refractivity contribution is 6.02. The molecule has 0 saturated heterocycles. The van der Waals surface area contributed by atoms with E-state index in [-0.39, 0.29) is 17.4 Å². The molecule has 1 aliphatic rings. The number of hydrogen-bond acceptors (Lipinski definition) is 2. The lowest BCUT2D eigenvalue weighted by molar-refractivity contribution is 0.0946. The number of urea groups is 1. The van der Waals surface area contributed by atoms with E-state index in [9.17, 15) is 9.59 Å². The predicted octanol–water partition coefficient (Wildman–Crippen LogP) is 3.91. The number of rotatable bonds is 2. The maximum Gasteiger partial charge on any atom is 0.323 e. The summed E-state index contributed by atoms with van der Waals surface area (Å²) in [6, 6.07) is 12.9. The Kier molecular flexibility index (Phi) is 4.49. The third-order valence-electron chi connectivity index (χ3n) is 4.30.